The molecule has 2 N–H and O–H groups in total. The summed E-state index contributed by atoms with van der Waals surface area (Å²) >= 11 is 5.71. The minimum atomic E-state index is -0.120. The number of hydrogen-bond acceptors (Lipinski definition) is 3. The summed E-state index contributed by atoms with van der Waals surface area (Å²) in [5.41, 5.74) is 2.85. The highest BCUT2D eigenvalue weighted by molar-refractivity contribution is 7.80. The van der Waals surface area contributed by atoms with E-state index < -0.39 is 0 Å². The Morgan fingerprint density at radius 3 is 2.61 bits per heavy atom. The summed E-state index contributed by atoms with van der Waals surface area (Å²) in [6.07, 6.45) is 12.6. The van der Waals surface area contributed by atoms with Crippen LogP contribution in [0.4, 0.5) is 5.69 Å². The van der Waals surface area contributed by atoms with Gasteiger partial charge in [0, 0.05) is 30.3 Å². The van der Waals surface area contributed by atoms with Gasteiger partial charge in [-0.1, -0.05) is 43.5 Å². The lowest BCUT2D eigenvalue weighted by molar-refractivity contribution is -0.116. The van der Waals surface area contributed by atoms with E-state index in [2.05, 4.69) is 38.6 Å². The van der Waals surface area contributed by atoms with Crippen molar-refractivity contribution in [1.82, 2.24) is 19.8 Å². The molecule has 3 heterocycles. The number of anilines is 1. The standard InChI is InChI=1S/C26H29N5OS/c32-23(28-20-9-3-1-4-10-20)18-31-25(24(29-26(31)33)22-13-7-8-15-27-22)19-14-16-30(17-19)21-11-5-2-6-12-21/h1,3-4,7-10,13-17,21,24-25H,2,5-6,11-12,18H2,(H,28,32)(H,29,33)/t24-,25-/m1/s1. The van der Waals surface area contributed by atoms with Crippen LogP contribution in [0.2, 0.25) is 0 Å². The molecule has 6 nitrogen and oxygen atoms in total. The number of nitrogens with one attached hydrogen (secondary N) is 2. The Morgan fingerprint density at radius 2 is 1.85 bits per heavy atom. The van der Waals surface area contributed by atoms with Crippen molar-refractivity contribution in [3.8, 4) is 0 Å². The van der Waals surface area contributed by atoms with Crippen LogP contribution in [0, 0.1) is 0 Å². The largest absolute Gasteiger partial charge is 0.352 e. The molecule has 3 aromatic rings. The zero-order valence-corrected chi connectivity index (χ0v) is 19.4. The zero-order valence-electron chi connectivity index (χ0n) is 18.6. The van der Waals surface area contributed by atoms with Crippen LogP contribution in [0.3, 0.4) is 0 Å². The smallest absolute Gasteiger partial charge is 0.244 e. The van der Waals surface area contributed by atoms with Gasteiger partial charge in [0.2, 0.25) is 5.91 Å². The van der Waals surface area contributed by atoms with Gasteiger partial charge in [0.25, 0.3) is 0 Å². The Bertz CT molecular complexity index is 1090. The molecule has 5 rings (SSSR count). The maximum Gasteiger partial charge on any atom is 0.244 e. The number of carbonyl (C=O) groups is 1. The van der Waals surface area contributed by atoms with E-state index in [0.29, 0.717) is 11.2 Å². The van der Waals surface area contributed by atoms with Crippen molar-refractivity contribution in [2.45, 2.75) is 50.2 Å². The number of benzene rings is 1. The van der Waals surface area contributed by atoms with Crippen LogP contribution >= 0.6 is 12.2 Å². The number of hydrogen-bond donors (Lipinski definition) is 2. The molecule has 1 aliphatic heterocycles. The number of aromatic nitrogens is 2. The van der Waals surface area contributed by atoms with Gasteiger partial charge in [0.15, 0.2) is 5.11 Å². The van der Waals surface area contributed by atoms with Gasteiger partial charge < -0.3 is 20.1 Å². The number of rotatable bonds is 6. The fourth-order valence-corrected chi connectivity index (χ4v) is 5.33. The lowest BCUT2D eigenvalue weighted by Crippen LogP contribution is -2.37. The Kier molecular flexibility index (Phi) is 6.39. The predicted octanol–water partition coefficient (Wildman–Crippen LogP) is 5.00. The van der Waals surface area contributed by atoms with Crippen LogP contribution < -0.4 is 10.6 Å². The maximum absolute atomic E-state index is 12.9. The molecule has 1 saturated carbocycles. The lowest BCUT2D eigenvalue weighted by atomic mass is 9.95. The second-order valence-electron chi connectivity index (χ2n) is 8.85. The molecule has 33 heavy (non-hydrogen) atoms. The van der Waals surface area contributed by atoms with Crippen molar-refractivity contribution in [3.63, 3.8) is 0 Å². The summed E-state index contributed by atoms with van der Waals surface area (Å²) in [6.45, 7) is 0.170. The third kappa shape index (κ3) is 4.78. The quantitative estimate of drug-likeness (QED) is 0.508. The molecule has 1 saturated heterocycles. The topological polar surface area (TPSA) is 62.2 Å². The first-order valence-corrected chi connectivity index (χ1v) is 12.1. The van der Waals surface area contributed by atoms with E-state index >= 15 is 0 Å². The summed E-state index contributed by atoms with van der Waals surface area (Å²) in [7, 11) is 0. The van der Waals surface area contributed by atoms with E-state index in [9.17, 15) is 4.79 Å². The minimum Gasteiger partial charge on any atom is -0.352 e. The molecular formula is C26H29N5OS. The minimum absolute atomic E-state index is 0.0938. The van der Waals surface area contributed by atoms with Gasteiger partial charge >= 0.3 is 0 Å². The van der Waals surface area contributed by atoms with Crippen molar-refractivity contribution in [1.29, 1.82) is 0 Å². The second kappa shape index (κ2) is 9.75. The Morgan fingerprint density at radius 1 is 1.06 bits per heavy atom. The van der Waals surface area contributed by atoms with Crippen molar-refractivity contribution >= 4 is 28.9 Å². The van der Waals surface area contributed by atoms with E-state index in [1.165, 1.54) is 32.1 Å². The molecule has 1 aromatic carbocycles. The van der Waals surface area contributed by atoms with Crippen molar-refractivity contribution in [2.24, 2.45) is 0 Å². The van der Waals surface area contributed by atoms with Crippen molar-refractivity contribution in [3.05, 3.63) is 84.4 Å². The first kappa shape index (κ1) is 21.6. The molecule has 2 aromatic heterocycles. The molecule has 1 amide bonds. The van der Waals surface area contributed by atoms with Crippen LogP contribution in [0.5, 0.6) is 0 Å². The maximum atomic E-state index is 12.9. The van der Waals surface area contributed by atoms with Crippen LogP contribution in [0.15, 0.2) is 73.2 Å². The summed E-state index contributed by atoms with van der Waals surface area (Å²) in [6, 6.07) is 17.9. The van der Waals surface area contributed by atoms with Gasteiger partial charge in [0.05, 0.1) is 17.8 Å². The molecule has 0 unspecified atom stereocenters. The average Bonchev–Trinajstić information content (AvgIpc) is 3.46. The Balaban J connectivity index is 1.42. The molecule has 1 aliphatic carbocycles. The summed E-state index contributed by atoms with van der Waals surface area (Å²) in [5, 5.41) is 6.99. The zero-order chi connectivity index (χ0) is 22.6. The first-order valence-electron chi connectivity index (χ1n) is 11.7. The van der Waals surface area contributed by atoms with Crippen LogP contribution in [0.1, 0.15) is 61.5 Å². The van der Waals surface area contributed by atoms with Crippen LogP contribution in [-0.2, 0) is 4.79 Å². The molecule has 2 atom stereocenters. The van der Waals surface area contributed by atoms with Crippen LogP contribution in [0.25, 0.3) is 0 Å². The molecule has 170 valence electrons. The number of nitrogens with zero attached hydrogens (tertiary/aromatic N) is 3. The van der Waals surface area contributed by atoms with Gasteiger partial charge in [0.1, 0.15) is 6.54 Å². The second-order valence-corrected chi connectivity index (χ2v) is 9.24. The fourth-order valence-electron chi connectivity index (χ4n) is 5.03. The molecule has 2 fully saturated rings. The summed E-state index contributed by atoms with van der Waals surface area (Å²) in [4.78, 5) is 19.5. The highest BCUT2D eigenvalue weighted by Gasteiger charge is 2.41. The summed E-state index contributed by atoms with van der Waals surface area (Å²) < 4.78 is 2.35. The normalized spacial score (nSPS) is 21.1. The van der Waals surface area contributed by atoms with E-state index in [0.717, 1.165) is 16.9 Å². The van der Waals surface area contributed by atoms with E-state index in [4.69, 9.17) is 12.2 Å². The molecule has 0 bridgehead atoms. The molecule has 0 radical (unpaired) electrons. The number of thiocarbonyl (C=S) groups is 1. The highest BCUT2D eigenvalue weighted by Crippen LogP contribution is 2.39. The molecule has 0 spiro atoms. The Hall–Kier alpha value is -3.19. The molecular weight excluding hydrogens is 430 g/mol. The van der Waals surface area contributed by atoms with Gasteiger partial charge in [-0.15, -0.1) is 0 Å². The SMILES string of the molecule is O=C(CN1C(=S)N[C@H](c2ccccn2)[C@H]1c1ccn(C2CCCCC2)c1)Nc1ccccc1. The van der Waals surface area contributed by atoms with Crippen molar-refractivity contribution < 1.29 is 4.79 Å². The molecule has 7 heteroatoms. The number of pyridine rings is 1. The third-order valence-corrected chi connectivity index (χ3v) is 7.00. The van der Waals surface area contributed by atoms with E-state index in [1.54, 1.807) is 6.20 Å². The first-order chi connectivity index (χ1) is 16.2. The van der Waals surface area contributed by atoms with Gasteiger partial charge in [-0.3, -0.25) is 9.78 Å². The Labute approximate surface area is 200 Å². The average molecular weight is 460 g/mol. The highest BCUT2D eigenvalue weighted by atomic mass is 32.1. The molecule has 2 aliphatic rings. The lowest BCUT2D eigenvalue weighted by Gasteiger charge is -2.27. The third-order valence-electron chi connectivity index (χ3n) is 6.64. The van der Waals surface area contributed by atoms with Gasteiger partial charge in [-0.05, 0) is 61.0 Å². The number of carbonyl (C=O) groups excluding carboxylic acids is 1. The number of para-hydroxylation sites is 1. The van der Waals surface area contributed by atoms with Crippen LogP contribution in [-0.4, -0.2) is 32.0 Å². The van der Waals surface area contributed by atoms with Gasteiger partial charge in [-0.2, -0.15) is 0 Å². The monoisotopic (exact) mass is 459 g/mol. The number of amides is 1. The van der Waals surface area contributed by atoms with Crippen molar-refractivity contribution in [2.75, 3.05) is 11.9 Å². The summed E-state index contributed by atoms with van der Waals surface area (Å²) in [5.74, 6) is -0.0938. The van der Waals surface area contributed by atoms with E-state index in [1.807, 2.05) is 53.4 Å². The van der Waals surface area contributed by atoms with Gasteiger partial charge in [-0.25, -0.2) is 0 Å². The van der Waals surface area contributed by atoms with E-state index in [-0.39, 0.29) is 24.5 Å². The predicted molar refractivity (Wildman–Crippen MR) is 134 cm³/mol. The fraction of sp³-hybridized carbons (Fsp3) is 0.346.